The van der Waals surface area contributed by atoms with E-state index in [2.05, 4.69) is 0 Å². The number of hydrogen-bond acceptors (Lipinski definition) is 7. The summed E-state index contributed by atoms with van der Waals surface area (Å²) < 4.78 is 16.9. The fraction of sp³-hybridized carbons (Fsp3) is 0.571. The Morgan fingerprint density at radius 3 is 2.50 bits per heavy atom. The molecule has 5 rings (SSSR count). The Labute approximate surface area is 225 Å². The van der Waals surface area contributed by atoms with Gasteiger partial charge in [0.15, 0.2) is 17.2 Å². The first-order valence-electron chi connectivity index (χ1n) is 12.7. The lowest BCUT2D eigenvalue weighted by Crippen LogP contribution is -2.69. The predicted octanol–water partition coefficient (Wildman–Crippen LogP) is 4.14. The number of carbonyl (C=O) groups excluding carboxylic acids is 2. The molecule has 0 heterocycles. The number of halogens is 2. The van der Waals surface area contributed by atoms with Gasteiger partial charge in [-0.3, -0.25) is 19.7 Å². The lowest BCUT2D eigenvalue weighted by molar-refractivity contribution is -0.384. The molecule has 8 nitrogen and oxygen atoms in total. The maximum atomic E-state index is 16.9. The van der Waals surface area contributed by atoms with Crippen molar-refractivity contribution in [3.05, 3.63) is 63.2 Å². The Morgan fingerprint density at radius 2 is 1.92 bits per heavy atom. The lowest BCUT2D eigenvalue weighted by Gasteiger charge is -2.62. The molecule has 0 radical (unpaired) electrons. The molecule has 206 valence electrons. The third-order valence-electron chi connectivity index (χ3n) is 9.84. The van der Waals surface area contributed by atoms with Crippen LogP contribution in [0.5, 0.6) is 0 Å². The van der Waals surface area contributed by atoms with Gasteiger partial charge in [0.25, 0.3) is 5.69 Å². The number of benzene rings is 1. The van der Waals surface area contributed by atoms with Gasteiger partial charge in [-0.2, -0.15) is 0 Å². The summed E-state index contributed by atoms with van der Waals surface area (Å²) in [4.78, 5) is 34.0. The molecule has 8 atom stereocenters. The van der Waals surface area contributed by atoms with Crippen molar-refractivity contribution in [1.29, 1.82) is 0 Å². The number of fused-ring (bicyclic) bond motifs is 5. The maximum Gasteiger partial charge on any atom is 0.287 e. The zero-order valence-corrected chi connectivity index (χ0v) is 22.3. The third kappa shape index (κ3) is 3.81. The van der Waals surface area contributed by atoms with Gasteiger partial charge in [-0.15, -0.1) is 0 Å². The number of carbonyl (C=O) groups is 2. The molecule has 3 fully saturated rings. The van der Waals surface area contributed by atoms with E-state index in [0.29, 0.717) is 24.8 Å². The van der Waals surface area contributed by atoms with E-state index in [0.717, 1.165) is 0 Å². The van der Waals surface area contributed by atoms with Crippen LogP contribution in [-0.4, -0.2) is 55.8 Å². The van der Waals surface area contributed by atoms with Gasteiger partial charge < -0.3 is 15.3 Å². The van der Waals surface area contributed by atoms with E-state index in [-0.39, 0.29) is 28.8 Å². The molecule has 38 heavy (non-hydrogen) atoms. The van der Waals surface area contributed by atoms with Crippen molar-refractivity contribution in [2.45, 2.75) is 63.8 Å². The number of rotatable bonds is 3. The summed E-state index contributed by atoms with van der Waals surface area (Å²) in [6.07, 6.45) is 4.44. The second kappa shape index (κ2) is 9.62. The van der Waals surface area contributed by atoms with Crippen LogP contribution in [0.3, 0.4) is 0 Å². The topological polar surface area (TPSA) is 138 Å². The zero-order chi connectivity index (χ0) is 28.3. The maximum absolute atomic E-state index is 16.9. The van der Waals surface area contributed by atoms with E-state index in [4.69, 9.17) is 11.6 Å². The molecule has 0 aliphatic heterocycles. The Hall–Kier alpha value is -2.46. The van der Waals surface area contributed by atoms with E-state index in [1.165, 1.54) is 24.3 Å². The highest BCUT2D eigenvalue weighted by Gasteiger charge is 2.75. The van der Waals surface area contributed by atoms with Gasteiger partial charge in [-0.05, 0) is 62.7 Å². The van der Waals surface area contributed by atoms with Gasteiger partial charge >= 0.3 is 0 Å². The summed E-state index contributed by atoms with van der Waals surface area (Å²) in [5, 5.41) is 42.3. The first kappa shape index (κ1) is 28.5. The van der Waals surface area contributed by atoms with Crippen LogP contribution in [0, 0.1) is 38.7 Å². The molecule has 3 N–H and O–H groups in total. The van der Waals surface area contributed by atoms with Gasteiger partial charge in [0.05, 0.1) is 11.0 Å². The zero-order valence-electron chi connectivity index (χ0n) is 21.6. The Bertz CT molecular complexity index is 1240. The van der Waals surface area contributed by atoms with Crippen molar-refractivity contribution < 1.29 is 34.2 Å². The Balaban J connectivity index is 0.000000283. The van der Waals surface area contributed by atoms with Crippen molar-refractivity contribution in [3.8, 4) is 0 Å². The van der Waals surface area contributed by atoms with Gasteiger partial charge in [0, 0.05) is 22.8 Å². The van der Waals surface area contributed by atoms with Crippen LogP contribution in [0.25, 0.3) is 0 Å². The summed E-state index contributed by atoms with van der Waals surface area (Å²) in [7, 11) is 0. The summed E-state index contributed by atoms with van der Waals surface area (Å²) in [6.45, 7) is 4.48. The number of hydrogen-bond donors (Lipinski definition) is 3. The monoisotopic (exact) mass is 549 g/mol. The van der Waals surface area contributed by atoms with Gasteiger partial charge in [-0.25, -0.2) is 4.39 Å². The van der Waals surface area contributed by atoms with E-state index < -0.39 is 57.4 Å². The molecule has 4 aliphatic rings. The molecular formula is C28H33ClFNO7. The van der Waals surface area contributed by atoms with Crippen molar-refractivity contribution in [2.24, 2.45) is 28.6 Å². The molecule has 1 aromatic carbocycles. The number of nitrogens with zero attached hydrogens (tertiary/aromatic N) is 1. The number of para-hydroxylation sites is 1. The molecule has 1 aromatic rings. The highest BCUT2D eigenvalue weighted by molar-refractivity contribution is 6.32. The molecule has 3 saturated carbocycles. The molecular weight excluding hydrogens is 517 g/mol. The molecule has 0 saturated heterocycles. The normalized spacial score (nSPS) is 41.2. The van der Waals surface area contributed by atoms with Crippen molar-refractivity contribution >= 4 is 28.9 Å². The van der Waals surface area contributed by atoms with Crippen LogP contribution < -0.4 is 0 Å². The van der Waals surface area contributed by atoms with Crippen LogP contribution in [-0.2, 0) is 9.59 Å². The average molecular weight is 550 g/mol. The minimum atomic E-state index is -1.98. The fourth-order valence-corrected chi connectivity index (χ4v) is 8.07. The van der Waals surface area contributed by atoms with Crippen LogP contribution in [0.1, 0.15) is 46.5 Å². The predicted molar refractivity (Wildman–Crippen MR) is 138 cm³/mol. The second-order valence-electron chi connectivity index (χ2n) is 11.5. The van der Waals surface area contributed by atoms with E-state index >= 15 is 4.39 Å². The van der Waals surface area contributed by atoms with Gasteiger partial charge in [0.2, 0.25) is 0 Å². The van der Waals surface area contributed by atoms with E-state index in [9.17, 15) is 35.0 Å². The summed E-state index contributed by atoms with van der Waals surface area (Å²) >= 11 is 5.48. The minimum Gasteiger partial charge on any atom is -0.390 e. The number of nitro groups is 1. The fourth-order valence-electron chi connectivity index (χ4n) is 7.86. The van der Waals surface area contributed by atoms with E-state index in [1.807, 2.05) is 0 Å². The Kier molecular flexibility index (Phi) is 7.23. The lowest BCUT2D eigenvalue weighted by atomic mass is 9.44. The summed E-state index contributed by atoms with van der Waals surface area (Å²) in [6, 6.07) is 6.07. The largest absolute Gasteiger partial charge is 0.390 e. The molecule has 0 spiro atoms. The quantitative estimate of drug-likeness (QED) is 0.380. The Morgan fingerprint density at radius 1 is 1.26 bits per heavy atom. The molecule has 0 amide bonds. The van der Waals surface area contributed by atoms with Gasteiger partial charge in [-0.1, -0.05) is 49.2 Å². The molecule has 4 aliphatic carbocycles. The highest BCUT2D eigenvalue weighted by atomic mass is 35.5. The van der Waals surface area contributed by atoms with Crippen LogP contribution in [0.2, 0.25) is 5.02 Å². The molecule has 10 heteroatoms. The number of alkyl halides is 1. The van der Waals surface area contributed by atoms with Crippen molar-refractivity contribution in [2.75, 3.05) is 6.61 Å². The first-order chi connectivity index (χ1) is 17.7. The highest BCUT2D eigenvalue weighted by Crippen LogP contribution is 2.70. The number of allylic oxidation sites excluding steroid dienone is 4. The summed E-state index contributed by atoms with van der Waals surface area (Å²) in [5.41, 5.74) is -5.22. The molecule has 0 aromatic heterocycles. The average Bonchev–Trinajstić information content (AvgIpc) is 3.07. The van der Waals surface area contributed by atoms with Gasteiger partial charge in [0.1, 0.15) is 17.2 Å². The van der Waals surface area contributed by atoms with E-state index in [1.54, 1.807) is 39.0 Å². The number of nitro benzene ring substituents is 1. The number of aliphatic hydroxyl groups is 3. The molecule has 0 unspecified atom stereocenters. The van der Waals surface area contributed by atoms with Crippen molar-refractivity contribution in [1.82, 2.24) is 0 Å². The number of Topliss-reactive ketones (excluding diaryl/α,β-unsaturated/α-hetero) is 1. The van der Waals surface area contributed by atoms with Crippen LogP contribution in [0.4, 0.5) is 10.1 Å². The second-order valence-corrected chi connectivity index (χ2v) is 11.9. The summed E-state index contributed by atoms with van der Waals surface area (Å²) in [5.74, 6) is -2.12. The smallest absolute Gasteiger partial charge is 0.287 e. The standard InChI is InChI=1S/C22H29FO5.C6H4ClNO2/c1-12-8-16-15-5-4-13-9-14(25)6-7-19(13,2)21(15,23)17(26)10-20(16,3)22(12,28)18(27)11-24;7-5-3-1-2-4-6(5)8(9)10/h6-7,9,12,15-17,24,26,28H,4-5,8,10-11H2,1-3H3;1-4H/t12-,15-,16-,17-,19-,20-,21-,22-;/m0./s1. The minimum absolute atomic E-state index is 0.0517. The SMILES string of the molecule is C[C@H]1C[C@H]2[C@@H]3CCC4=CC(=O)C=C[C@]4(C)[C@@]3(F)[C@@H](O)C[C@]2(C)[C@@]1(O)C(=O)CO.O=[N+]([O-])c1ccccc1Cl. The number of aliphatic hydroxyl groups excluding tert-OH is 2. The molecule has 0 bridgehead atoms. The number of ketones is 2. The van der Waals surface area contributed by atoms with Crippen LogP contribution >= 0.6 is 11.6 Å². The first-order valence-corrected chi connectivity index (χ1v) is 13.1. The van der Waals surface area contributed by atoms with Crippen molar-refractivity contribution in [3.63, 3.8) is 0 Å². The third-order valence-corrected chi connectivity index (χ3v) is 10.2. The van der Waals surface area contributed by atoms with Crippen LogP contribution in [0.15, 0.2) is 48.1 Å².